The maximum atomic E-state index is 12.3. The van der Waals surface area contributed by atoms with Gasteiger partial charge in [0.2, 0.25) is 0 Å². The van der Waals surface area contributed by atoms with Crippen LogP contribution in [-0.4, -0.2) is 27.9 Å². The van der Waals surface area contributed by atoms with E-state index in [1.807, 2.05) is 12.3 Å². The van der Waals surface area contributed by atoms with Crippen molar-refractivity contribution in [2.75, 3.05) is 19.4 Å². The van der Waals surface area contributed by atoms with E-state index in [-0.39, 0.29) is 0 Å². The van der Waals surface area contributed by atoms with Crippen LogP contribution in [0.15, 0.2) is 66.7 Å². The molecule has 5 heteroatoms. The molecule has 34 heavy (non-hydrogen) atoms. The maximum absolute atomic E-state index is 12.3. The molecule has 3 nitrogen and oxygen atoms in total. The number of rotatable bonds is 10. The number of benzene rings is 3. The van der Waals surface area contributed by atoms with E-state index in [0.29, 0.717) is 6.61 Å². The van der Waals surface area contributed by atoms with Crippen LogP contribution in [0.1, 0.15) is 48.4 Å². The molecule has 3 aromatic rings. The summed E-state index contributed by atoms with van der Waals surface area (Å²) >= 11 is 0. The van der Waals surface area contributed by atoms with Gasteiger partial charge in [-0.3, -0.25) is 4.21 Å². The Morgan fingerprint density at radius 3 is 2.09 bits per heavy atom. The molecule has 0 bridgehead atoms. The molecule has 1 aliphatic rings. The van der Waals surface area contributed by atoms with Gasteiger partial charge in [0.05, 0.1) is 6.61 Å². The minimum Gasteiger partial charge on any atom is -0.494 e. The smallest absolute Gasteiger partial charge is 0.119 e. The molecule has 0 radical (unpaired) electrons. The monoisotopic (exact) mass is 495 g/mol. The summed E-state index contributed by atoms with van der Waals surface area (Å²) in [4.78, 5) is 0. The number of fused-ring (bicyclic) bond motifs is 1. The van der Waals surface area contributed by atoms with E-state index in [9.17, 15) is 4.21 Å². The van der Waals surface area contributed by atoms with E-state index >= 15 is 0 Å². The van der Waals surface area contributed by atoms with E-state index < -0.39 is 9.74 Å². The summed E-state index contributed by atoms with van der Waals surface area (Å²) in [6.45, 7) is 4.54. The fraction of sp³-hybridized carbons (Fsp3) is 0.379. The summed E-state index contributed by atoms with van der Waals surface area (Å²) in [7, 11) is 0.252. The second-order valence-electron chi connectivity index (χ2n) is 9.46. The first-order valence-electron chi connectivity index (χ1n) is 12.5. The SMILES string of the molecule is CCCCc1ccc(-c2ccc(CCCOc3ccc4c(c3)CCN([SH](C)(=O)P)C4)cc2)cc1. The first-order chi connectivity index (χ1) is 16.4. The van der Waals surface area contributed by atoms with Gasteiger partial charge in [-0.05, 0) is 87.4 Å². The van der Waals surface area contributed by atoms with Crippen LogP contribution in [0.5, 0.6) is 5.75 Å². The third-order valence-corrected chi connectivity index (χ3v) is 9.11. The van der Waals surface area contributed by atoms with Crippen LogP contribution < -0.4 is 4.74 Å². The summed E-state index contributed by atoms with van der Waals surface area (Å²) in [5.41, 5.74) is 7.91. The molecule has 182 valence electrons. The predicted octanol–water partition coefficient (Wildman–Crippen LogP) is 6.42. The minimum atomic E-state index is -2.27. The molecule has 1 aliphatic heterocycles. The molecule has 3 aromatic carbocycles. The van der Waals surface area contributed by atoms with Crippen molar-refractivity contribution in [3.05, 3.63) is 89.0 Å². The Morgan fingerprint density at radius 1 is 0.882 bits per heavy atom. The lowest BCUT2D eigenvalue weighted by atomic mass is 10.00. The molecule has 1 unspecified atom stereocenters. The van der Waals surface area contributed by atoms with Crippen LogP contribution in [0.2, 0.25) is 0 Å². The molecule has 1 heterocycles. The highest BCUT2D eigenvalue weighted by molar-refractivity contribution is 8.43. The van der Waals surface area contributed by atoms with E-state index in [0.717, 1.165) is 38.1 Å². The first-order valence-corrected chi connectivity index (χ1v) is 16.2. The van der Waals surface area contributed by atoms with Gasteiger partial charge in [-0.1, -0.05) is 76.4 Å². The van der Waals surface area contributed by atoms with Crippen LogP contribution >= 0.6 is 8.44 Å². The highest BCUT2D eigenvalue weighted by Gasteiger charge is 2.21. The predicted molar refractivity (Wildman–Crippen MR) is 150 cm³/mol. The Hall–Kier alpha value is -2.00. The Morgan fingerprint density at radius 2 is 1.50 bits per heavy atom. The number of unbranched alkanes of at least 4 members (excludes halogenated alkanes) is 1. The lowest BCUT2D eigenvalue weighted by Crippen LogP contribution is -2.36. The van der Waals surface area contributed by atoms with Crippen molar-refractivity contribution >= 4 is 18.2 Å². The highest BCUT2D eigenvalue weighted by Crippen LogP contribution is 2.29. The van der Waals surface area contributed by atoms with E-state index in [1.165, 1.54) is 52.6 Å². The zero-order chi connectivity index (χ0) is 24.0. The Bertz CT molecular complexity index is 1120. The molecule has 1 atom stereocenters. The molecule has 0 fully saturated rings. The van der Waals surface area contributed by atoms with E-state index in [4.69, 9.17) is 4.74 Å². The lowest BCUT2D eigenvalue weighted by Gasteiger charge is -2.34. The molecule has 0 saturated carbocycles. The highest BCUT2D eigenvalue weighted by atomic mass is 32.8. The van der Waals surface area contributed by atoms with Crippen molar-refractivity contribution in [1.29, 1.82) is 0 Å². The van der Waals surface area contributed by atoms with Crippen LogP contribution in [0.25, 0.3) is 11.1 Å². The fourth-order valence-corrected chi connectivity index (χ4v) is 6.04. The van der Waals surface area contributed by atoms with E-state index in [1.54, 1.807) is 0 Å². The topological polar surface area (TPSA) is 29.5 Å². The lowest BCUT2D eigenvalue weighted by molar-refractivity contribution is 0.310. The van der Waals surface area contributed by atoms with Crippen LogP contribution in [-0.2, 0) is 35.5 Å². The molecule has 0 saturated heterocycles. The summed E-state index contributed by atoms with van der Waals surface area (Å²) < 4.78 is 20.5. The van der Waals surface area contributed by atoms with Gasteiger partial charge in [-0.2, -0.15) is 0 Å². The van der Waals surface area contributed by atoms with Crippen LogP contribution in [0, 0.1) is 0 Å². The second-order valence-corrected chi connectivity index (χ2v) is 14.8. The standard InChI is InChI=1S/C29H38NO2PS/c1-3-4-6-23-8-12-25(13-9-23)26-14-10-24(11-15-26)7-5-20-32-29-17-16-28-22-30(34(2,31)33)19-18-27(28)21-29/h8-17,21,34H,3-7,18-20,22,33H2,1-2H3. The van der Waals surface area contributed by atoms with Gasteiger partial charge in [0, 0.05) is 19.3 Å². The maximum Gasteiger partial charge on any atom is 0.119 e. The van der Waals surface area contributed by atoms with Crippen molar-refractivity contribution in [3.63, 3.8) is 0 Å². The molecule has 0 N–H and O–H groups in total. The zero-order valence-corrected chi connectivity index (χ0v) is 22.6. The fourth-order valence-electron chi connectivity index (χ4n) is 4.52. The Balaban J connectivity index is 1.24. The van der Waals surface area contributed by atoms with Crippen molar-refractivity contribution in [3.8, 4) is 16.9 Å². The molecule has 0 amide bonds. The van der Waals surface area contributed by atoms with Gasteiger partial charge in [0.15, 0.2) is 0 Å². The van der Waals surface area contributed by atoms with Crippen LogP contribution in [0.3, 0.4) is 0 Å². The number of thiol groups is 1. The third kappa shape index (κ3) is 6.78. The Labute approximate surface area is 208 Å². The van der Waals surface area contributed by atoms with Crippen molar-refractivity contribution in [2.45, 2.75) is 52.0 Å². The normalized spacial score (nSPS) is 14.6. The van der Waals surface area contributed by atoms with Crippen LogP contribution in [0.4, 0.5) is 0 Å². The second kappa shape index (κ2) is 11.6. The Kier molecular flexibility index (Phi) is 8.58. The van der Waals surface area contributed by atoms with Gasteiger partial charge < -0.3 is 4.74 Å². The van der Waals surface area contributed by atoms with Gasteiger partial charge in [0.25, 0.3) is 0 Å². The van der Waals surface area contributed by atoms with Gasteiger partial charge >= 0.3 is 0 Å². The van der Waals surface area contributed by atoms with E-state index in [2.05, 4.69) is 80.3 Å². The van der Waals surface area contributed by atoms with Gasteiger partial charge in [-0.25, -0.2) is 4.31 Å². The molecule has 4 rings (SSSR count). The van der Waals surface area contributed by atoms with Crippen molar-refractivity contribution < 1.29 is 8.95 Å². The molecular weight excluding hydrogens is 457 g/mol. The zero-order valence-electron chi connectivity index (χ0n) is 20.5. The summed E-state index contributed by atoms with van der Waals surface area (Å²) in [6.07, 6.45) is 8.40. The van der Waals surface area contributed by atoms with Crippen molar-refractivity contribution in [2.24, 2.45) is 0 Å². The summed E-state index contributed by atoms with van der Waals surface area (Å²) in [6, 6.07) is 24.3. The van der Waals surface area contributed by atoms with Gasteiger partial charge in [-0.15, -0.1) is 0 Å². The largest absolute Gasteiger partial charge is 0.494 e. The van der Waals surface area contributed by atoms with Gasteiger partial charge in [0.1, 0.15) is 5.75 Å². The average Bonchev–Trinajstić information content (AvgIpc) is 2.85. The number of aryl methyl sites for hydroxylation is 2. The first kappa shape index (κ1) is 25.1. The summed E-state index contributed by atoms with van der Waals surface area (Å²) in [5.74, 6) is 0.940. The molecule has 0 aromatic heterocycles. The number of ether oxygens (including phenoxy) is 1. The summed E-state index contributed by atoms with van der Waals surface area (Å²) in [5, 5.41) is 0. The molecular formula is C29H38NO2PS. The number of hydrogen-bond donors (Lipinski definition) is 1. The number of nitrogens with zero attached hydrogens (tertiary/aromatic N) is 1. The number of hydrogen-bond acceptors (Lipinski definition) is 2. The minimum absolute atomic E-state index is 0.710. The molecule has 0 spiro atoms. The third-order valence-electron chi connectivity index (χ3n) is 6.67. The molecule has 0 aliphatic carbocycles. The average molecular weight is 496 g/mol. The van der Waals surface area contributed by atoms with Crippen molar-refractivity contribution in [1.82, 2.24) is 4.31 Å². The quantitative estimate of drug-likeness (QED) is 0.200.